The Hall–Kier alpha value is -0.860. The van der Waals surface area contributed by atoms with Gasteiger partial charge in [-0.15, -0.1) is 0 Å². The van der Waals surface area contributed by atoms with E-state index in [-0.39, 0.29) is 45.9 Å². The Morgan fingerprint density at radius 1 is 1.25 bits per heavy atom. The Bertz CT molecular complexity index is 717. The van der Waals surface area contributed by atoms with Gasteiger partial charge in [0.15, 0.2) is 0 Å². The lowest BCUT2D eigenvalue weighted by molar-refractivity contribution is 0.0177. The van der Waals surface area contributed by atoms with Crippen molar-refractivity contribution in [2.24, 2.45) is 0 Å². The molecule has 0 heterocycles. The molecule has 0 unspecified atom stereocenters. The average Bonchev–Trinajstić information content (AvgIpc) is 3.26. The predicted octanol–water partition coefficient (Wildman–Crippen LogP) is 3.02. The number of carbonyl (C=O) groups is 1. The first kappa shape index (κ1) is 19.5. The summed E-state index contributed by atoms with van der Waals surface area (Å²) in [5, 5.41) is -0.0204. The molecule has 1 aliphatic carbocycles. The van der Waals surface area contributed by atoms with Gasteiger partial charge in [0, 0.05) is 6.04 Å². The van der Waals surface area contributed by atoms with E-state index in [2.05, 4.69) is 4.72 Å². The lowest BCUT2D eigenvalue weighted by Crippen LogP contribution is -2.26. The van der Waals surface area contributed by atoms with E-state index >= 15 is 0 Å². The molecule has 0 bridgehead atoms. The molecule has 1 N–H and O–H groups in total. The molecule has 24 heavy (non-hydrogen) atoms. The minimum absolute atomic E-state index is 0.0214. The highest BCUT2D eigenvalue weighted by molar-refractivity contribution is 7.89. The molecular weight excluding hydrogens is 377 g/mol. The van der Waals surface area contributed by atoms with Crippen LogP contribution in [0.15, 0.2) is 17.0 Å². The molecule has 1 aromatic rings. The molecule has 9 heteroatoms. The molecule has 0 radical (unpaired) electrons. The van der Waals surface area contributed by atoms with Gasteiger partial charge >= 0.3 is 5.97 Å². The van der Waals surface area contributed by atoms with Crippen molar-refractivity contribution in [3.63, 3.8) is 0 Å². The van der Waals surface area contributed by atoms with Crippen molar-refractivity contribution >= 4 is 39.2 Å². The SMILES string of the molecule is CC(C)OCCOC(=O)c1cc(S(=O)(=O)NC2CC2)c(Cl)cc1Cl. The van der Waals surface area contributed by atoms with Crippen molar-refractivity contribution in [3.8, 4) is 0 Å². The van der Waals surface area contributed by atoms with Crippen LogP contribution in [-0.2, 0) is 19.5 Å². The van der Waals surface area contributed by atoms with E-state index in [1.807, 2.05) is 13.8 Å². The van der Waals surface area contributed by atoms with Crippen molar-refractivity contribution in [2.75, 3.05) is 13.2 Å². The summed E-state index contributed by atoms with van der Waals surface area (Å²) in [6.07, 6.45) is 1.60. The zero-order valence-electron chi connectivity index (χ0n) is 13.3. The van der Waals surface area contributed by atoms with Gasteiger partial charge in [-0.1, -0.05) is 23.2 Å². The van der Waals surface area contributed by atoms with E-state index < -0.39 is 16.0 Å². The number of rotatable bonds is 8. The van der Waals surface area contributed by atoms with Gasteiger partial charge in [-0.3, -0.25) is 0 Å². The fourth-order valence-electron chi connectivity index (χ4n) is 1.87. The molecule has 1 fully saturated rings. The molecule has 0 aromatic heterocycles. The summed E-state index contributed by atoms with van der Waals surface area (Å²) >= 11 is 12.0. The molecule has 134 valence electrons. The van der Waals surface area contributed by atoms with Gasteiger partial charge in [0.25, 0.3) is 0 Å². The number of nitrogens with one attached hydrogen (secondary N) is 1. The summed E-state index contributed by atoms with van der Waals surface area (Å²) < 4.78 is 37.5. The smallest absolute Gasteiger partial charge is 0.339 e. The number of hydrogen-bond acceptors (Lipinski definition) is 5. The first-order valence-corrected chi connectivity index (χ1v) is 9.74. The molecule has 0 saturated heterocycles. The number of hydrogen-bond donors (Lipinski definition) is 1. The molecule has 1 saturated carbocycles. The van der Waals surface area contributed by atoms with E-state index in [0.717, 1.165) is 18.9 Å². The number of halogens is 2. The van der Waals surface area contributed by atoms with Gasteiger partial charge < -0.3 is 9.47 Å². The van der Waals surface area contributed by atoms with Crippen LogP contribution in [-0.4, -0.2) is 39.7 Å². The lowest BCUT2D eigenvalue weighted by Gasteiger charge is -2.12. The maximum atomic E-state index is 12.3. The third-order valence-corrected chi connectivity index (χ3v) is 5.50. The largest absolute Gasteiger partial charge is 0.460 e. The fraction of sp³-hybridized carbons (Fsp3) is 0.533. The second-order valence-electron chi connectivity index (χ2n) is 5.71. The molecule has 0 aliphatic heterocycles. The van der Waals surface area contributed by atoms with Crippen LogP contribution in [0, 0.1) is 0 Å². The molecule has 6 nitrogen and oxygen atoms in total. The van der Waals surface area contributed by atoms with Crippen LogP contribution >= 0.6 is 23.2 Å². The van der Waals surface area contributed by atoms with Crippen molar-refractivity contribution in [2.45, 2.75) is 43.7 Å². The molecule has 0 spiro atoms. The highest BCUT2D eigenvalue weighted by atomic mass is 35.5. The zero-order valence-corrected chi connectivity index (χ0v) is 15.7. The highest BCUT2D eigenvalue weighted by Gasteiger charge is 2.30. The summed E-state index contributed by atoms with van der Waals surface area (Å²) in [5.41, 5.74) is -0.0539. The third kappa shape index (κ3) is 5.32. The quantitative estimate of drug-likeness (QED) is 0.540. The van der Waals surface area contributed by atoms with Gasteiger partial charge in [0.05, 0.1) is 28.3 Å². The van der Waals surface area contributed by atoms with Gasteiger partial charge in [-0.2, -0.15) is 0 Å². The maximum absolute atomic E-state index is 12.3. The van der Waals surface area contributed by atoms with Gasteiger partial charge in [0.2, 0.25) is 10.0 Å². The van der Waals surface area contributed by atoms with E-state index in [1.54, 1.807) is 0 Å². The topological polar surface area (TPSA) is 81.7 Å². The standard InChI is InChI=1S/C15H19Cl2NO5S/c1-9(2)22-5-6-23-15(19)11-7-14(13(17)8-12(11)16)24(20,21)18-10-3-4-10/h7-10,18H,3-6H2,1-2H3. The monoisotopic (exact) mass is 395 g/mol. The normalized spacial score (nSPS) is 14.9. The Kier molecular flexibility index (Phi) is 6.50. The summed E-state index contributed by atoms with van der Waals surface area (Å²) in [7, 11) is -3.81. The first-order chi connectivity index (χ1) is 11.2. The molecule has 1 aliphatic rings. The van der Waals surface area contributed by atoms with Crippen LogP contribution < -0.4 is 4.72 Å². The van der Waals surface area contributed by atoms with Crippen LogP contribution in [0.1, 0.15) is 37.0 Å². The van der Waals surface area contributed by atoms with Gasteiger partial charge in [-0.25, -0.2) is 17.9 Å². The summed E-state index contributed by atoms with van der Waals surface area (Å²) in [5.74, 6) is -0.730. The van der Waals surface area contributed by atoms with Gasteiger partial charge in [0.1, 0.15) is 11.5 Å². The number of carbonyl (C=O) groups excluding carboxylic acids is 1. The summed E-state index contributed by atoms with van der Waals surface area (Å²) in [6, 6.07) is 2.29. The molecule has 0 atom stereocenters. The zero-order chi connectivity index (χ0) is 17.9. The second kappa shape index (κ2) is 8.01. The Morgan fingerprint density at radius 3 is 2.50 bits per heavy atom. The van der Waals surface area contributed by atoms with Crippen LogP contribution in [0.2, 0.25) is 10.0 Å². The Balaban J connectivity index is 2.14. The highest BCUT2D eigenvalue weighted by Crippen LogP contribution is 2.31. The minimum atomic E-state index is -3.81. The van der Waals surface area contributed by atoms with E-state index in [0.29, 0.717) is 0 Å². The summed E-state index contributed by atoms with van der Waals surface area (Å²) in [6.45, 7) is 4.01. The van der Waals surface area contributed by atoms with E-state index in [9.17, 15) is 13.2 Å². The number of benzene rings is 1. The Labute approximate surface area is 151 Å². The van der Waals surface area contributed by atoms with Crippen LogP contribution in [0.4, 0.5) is 0 Å². The van der Waals surface area contributed by atoms with Crippen molar-refractivity contribution in [3.05, 3.63) is 27.7 Å². The van der Waals surface area contributed by atoms with Crippen molar-refractivity contribution in [1.82, 2.24) is 4.72 Å². The number of esters is 1. The van der Waals surface area contributed by atoms with Crippen LogP contribution in [0.3, 0.4) is 0 Å². The second-order valence-corrected chi connectivity index (χ2v) is 8.21. The minimum Gasteiger partial charge on any atom is -0.460 e. The number of sulfonamides is 1. The first-order valence-electron chi connectivity index (χ1n) is 7.51. The molecule has 2 rings (SSSR count). The summed E-state index contributed by atoms with van der Waals surface area (Å²) in [4.78, 5) is 11.9. The van der Waals surface area contributed by atoms with Crippen LogP contribution in [0.5, 0.6) is 0 Å². The lowest BCUT2D eigenvalue weighted by atomic mass is 10.2. The van der Waals surface area contributed by atoms with E-state index in [1.165, 1.54) is 6.07 Å². The molecular formula is C15H19Cl2NO5S. The predicted molar refractivity (Wildman–Crippen MR) is 91.2 cm³/mol. The van der Waals surface area contributed by atoms with Gasteiger partial charge in [-0.05, 0) is 38.8 Å². The average molecular weight is 396 g/mol. The number of ether oxygens (including phenoxy) is 2. The third-order valence-electron chi connectivity index (χ3n) is 3.20. The van der Waals surface area contributed by atoms with Crippen molar-refractivity contribution in [1.29, 1.82) is 0 Å². The maximum Gasteiger partial charge on any atom is 0.339 e. The fourth-order valence-corrected chi connectivity index (χ4v) is 4.03. The van der Waals surface area contributed by atoms with E-state index in [4.69, 9.17) is 32.7 Å². The van der Waals surface area contributed by atoms with Crippen LogP contribution in [0.25, 0.3) is 0 Å². The molecule has 1 aromatic carbocycles. The molecule has 0 amide bonds. The van der Waals surface area contributed by atoms with Crippen molar-refractivity contribution < 1.29 is 22.7 Å². The Morgan fingerprint density at radius 2 is 1.92 bits per heavy atom.